The van der Waals surface area contributed by atoms with E-state index in [-0.39, 0.29) is 6.85 Å². The molecule has 0 N–H and O–H groups in total. The van der Waals surface area contributed by atoms with Crippen molar-refractivity contribution in [1.82, 2.24) is 0 Å². The molecule has 3 aliphatic rings. The van der Waals surface area contributed by atoms with E-state index in [0.717, 1.165) is 17.0 Å². The standard InChI is InChI=1S/C36H55BNP/c1-26-22-28(3)35(29(4)23-26)37(36-30(5)24-27(2)25-31(36)6)38-39(32-16-10-7-11-17-32,33-18-12-8-13-19-33)34-20-14-9-15-21-34/h22-25,32-34H,7-21H2,1-6H3. The highest BCUT2D eigenvalue weighted by Crippen LogP contribution is 2.70. The molecule has 0 aliphatic heterocycles. The van der Waals surface area contributed by atoms with E-state index in [1.807, 2.05) is 0 Å². The van der Waals surface area contributed by atoms with Gasteiger partial charge in [-0.25, -0.2) is 0 Å². The number of benzene rings is 2. The second-order valence-corrected chi connectivity index (χ2v) is 17.8. The Morgan fingerprint density at radius 1 is 0.487 bits per heavy atom. The normalized spacial score (nSPS) is 20.3. The van der Waals surface area contributed by atoms with E-state index >= 15 is 0 Å². The van der Waals surface area contributed by atoms with Crippen LogP contribution in [0.3, 0.4) is 0 Å². The monoisotopic (exact) mass is 543 g/mol. The van der Waals surface area contributed by atoms with Gasteiger partial charge < -0.3 is 4.66 Å². The summed E-state index contributed by atoms with van der Waals surface area (Å²) in [6.45, 7) is 14.2. The smallest absolute Gasteiger partial charge is 0.343 e. The van der Waals surface area contributed by atoms with Crippen LogP contribution in [0.1, 0.15) is 130 Å². The molecule has 39 heavy (non-hydrogen) atoms. The van der Waals surface area contributed by atoms with E-state index in [1.54, 1.807) is 0 Å². The molecular formula is C36H55BNP. The summed E-state index contributed by atoms with van der Waals surface area (Å²) in [6.07, 6.45) is 21.7. The Kier molecular flexibility index (Phi) is 9.53. The Labute approximate surface area is 241 Å². The third-order valence-corrected chi connectivity index (χ3v) is 16.5. The second-order valence-electron chi connectivity index (χ2n) is 13.8. The molecule has 0 saturated heterocycles. The predicted octanol–water partition coefficient (Wildman–Crippen LogP) is 9.84. The molecule has 3 aliphatic carbocycles. The zero-order valence-electron chi connectivity index (χ0n) is 26.1. The molecular weight excluding hydrogens is 488 g/mol. The van der Waals surface area contributed by atoms with Gasteiger partial charge in [-0.1, -0.05) is 115 Å². The maximum atomic E-state index is 6.63. The molecule has 2 aromatic rings. The zero-order valence-corrected chi connectivity index (χ0v) is 27.0. The zero-order chi connectivity index (χ0) is 27.6. The van der Waals surface area contributed by atoms with Gasteiger partial charge in [0.15, 0.2) is 0 Å². The molecule has 2 aromatic carbocycles. The van der Waals surface area contributed by atoms with Crippen LogP contribution in [0, 0.1) is 41.5 Å². The van der Waals surface area contributed by atoms with E-state index in [1.165, 1.54) is 141 Å². The van der Waals surface area contributed by atoms with Crippen molar-refractivity contribution < 1.29 is 0 Å². The van der Waals surface area contributed by atoms with Crippen LogP contribution in [0.15, 0.2) is 28.9 Å². The molecule has 0 heterocycles. The highest BCUT2D eigenvalue weighted by Gasteiger charge is 2.45. The minimum atomic E-state index is -1.59. The van der Waals surface area contributed by atoms with Crippen LogP contribution in [0.4, 0.5) is 0 Å². The third-order valence-electron chi connectivity index (χ3n) is 10.8. The van der Waals surface area contributed by atoms with Crippen molar-refractivity contribution in [1.29, 1.82) is 0 Å². The first-order chi connectivity index (χ1) is 18.8. The lowest BCUT2D eigenvalue weighted by atomic mass is 9.48. The molecule has 0 unspecified atom stereocenters. The van der Waals surface area contributed by atoms with E-state index in [4.69, 9.17) is 4.66 Å². The Bertz CT molecular complexity index is 1040. The Morgan fingerprint density at radius 3 is 1.05 bits per heavy atom. The number of rotatable bonds is 6. The van der Waals surface area contributed by atoms with Crippen molar-refractivity contribution in [3.63, 3.8) is 0 Å². The fraction of sp³-hybridized carbons (Fsp3) is 0.667. The number of aryl methyl sites for hydroxylation is 6. The van der Waals surface area contributed by atoms with Crippen LogP contribution in [-0.4, -0.2) is 23.8 Å². The Morgan fingerprint density at radius 2 is 0.769 bits per heavy atom. The summed E-state index contributed by atoms with van der Waals surface area (Å²) < 4.78 is 6.63. The van der Waals surface area contributed by atoms with Crippen molar-refractivity contribution in [3.05, 3.63) is 57.6 Å². The second kappa shape index (κ2) is 12.7. The average molecular weight is 544 g/mol. The summed E-state index contributed by atoms with van der Waals surface area (Å²) in [6, 6.07) is 9.74. The molecule has 0 radical (unpaired) electrons. The molecule has 0 atom stereocenters. The van der Waals surface area contributed by atoms with Crippen molar-refractivity contribution in [2.24, 2.45) is 4.66 Å². The molecule has 0 aromatic heterocycles. The summed E-state index contributed by atoms with van der Waals surface area (Å²) in [7, 11) is -1.59. The maximum absolute atomic E-state index is 6.63. The highest BCUT2D eigenvalue weighted by molar-refractivity contribution is 7.69. The average Bonchev–Trinajstić information content (AvgIpc) is 2.92. The van der Waals surface area contributed by atoms with E-state index < -0.39 is 7.05 Å². The van der Waals surface area contributed by atoms with Crippen LogP contribution in [0.2, 0.25) is 0 Å². The molecule has 0 amide bonds. The van der Waals surface area contributed by atoms with Crippen LogP contribution >= 0.6 is 7.05 Å². The van der Waals surface area contributed by atoms with Crippen molar-refractivity contribution in [2.75, 3.05) is 0 Å². The van der Waals surface area contributed by atoms with E-state index in [9.17, 15) is 0 Å². The van der Waals surface area contributed by atoms with Gasteiger partial charge in [0, 0.05) is 0 Å². The summed E-state index contributed by atoms with van der Waals surface area (Å²) in [4.78, 5) is 0. The molecule has 212 valence electrons. The van der Waals surface area contributed by atoms with Gasteiger partial charge in [0.05, 0.1) is 0 Å². The number of hydrogen-bond donors (Lipinski definition) is 0. The quantitative estimate of drug-likeness (QED) is 0.254. The van der Waals surface area contributed by atoms with Gasteiger partial charge in [-0.2, -0.15) is 0 Å². The van der Waals surface area contributed by atoms with Crippen molar-refractivity contribution >= 4 is 24.8 Å². The van der Waals surface area contributed by atoms with E-state index in [2.05, 4.69) is 65.8 Å². The minimum Gasteiger partial charge on any atom is -0.343 e. The number of nitrogens with zero attached hydrogens (tertiary/aromatic N) is 1. The molecule has 5 rings (SSSR count). The first-order valence-corrected chi connectivity index (χ1v) is 18.5. The molecule has 1 nitrogen and oxygen atoms in total. The molecule has 0 spiro atoms. The van der Waals surface area contributed by atoms with Crippen molar-refractivity contribution in [2.45, 2.75) is 155 Å². The minimum absolute atomic E-state index is 0.185. The lowest BCUT2D eigenvalue weighted by molar-refractivity contribution is 0.455. The third kappa shape index (κ3) is 6.03. The summed E-state index contributed by atoms with van der Waals surface area (Å²) in [5.41, 5.74) is 14.3. The fourth-order valence-electron chi connectivity index (χ4n) is 9.37. The topological polar surface area (TPSA) is 12.4 Å². The fourth-order valence-corrected chi connectivity index (χ4v) is 15.9. The van der Waals surface area contributed by atoms with Gasteiger partial charge in [-0.05, 0) is 115 Å². The van der Waals surface area contributed by atoms with Crippen LogP contribution in [0.25, 0.3) is 0 Å². The van der Waals surface area contributed by atoms with Gasteiger partial charge >= 0.3 is 6.85 Å². The van der Waals surface area contributed by atoms with Gasteiger partial charge in [-0.15, -0.1) is 0 Å². The van der Waals surface area contributed by atoms with E-state index in [0.29, 0.717) is 0 Å². The van der Waals surface area contributed by atoms with Gasteiger partial charge in [0.1, 0.15) is 0 Å². The SMILES string of the molecule is Cc1cc(C)c(B(N=P(C2CCCCC2)(C2CCCCC2)C2CCCCC2)c2c(C)cc(C)cc2C)c(C)c1. The lowest BCUT2D eigenvalue weighted by Crippen LogP contribution is -2.47. The van der Waals surface area contributed by atoms with Crippen LogP contribution in [-0.2, 0) is 0 Å². The van der Waals surface area contributed by atoms with Crippen LogP contribution < -0.4 is 10.9 Å². The number of hydrogen-bond acceptors (Lipinski definition) is 1. The Balaban J connectivity index is 1.83. The molecule has 3 saturated carbocycles. The largest absolute Gasteiger partial charge is 0.343 e. The lowest BCUT2D eigenvalue weighted by Gasteiger charge is -2.50. The Hall–Kier alpha value is -1.27. The first-order valence-electron chi connectivity index (χ1n) is 16.6. The molecule has 3 fully saturated rings. The summed E-state index contributed by atoms with van der Waals surface area (Å²) in [5, 5.41) is 0. The molecule has 3 heteroatoms. The van der Waals surface area contributed by atoms with Crippen LogP contribution in [0.5, 0.6) is 0 Å². The van der Waals surface area contributed by atoms with Crippen molar-refractivity contribution in [3.8, 4) is 0 Å². The highest BCUT2D eigenvalue weighted by atomic mass is 31.2. The predicted molar refractivity (Wildman–Crippen MR) is 176 cm³/mol. The summed E-state index contributed by atoms with van der Waals surface area (Å²) >= 11 is 0. The van der Waals surface area contributed by atoms with Gasteiger partial charge in [-0.3, -0.25) is 0 Å². The molecule has 0 bridgehead atoms. The first kappa shape index (κ1) is 29.2. The summed E-state index contributed by atoms with van der Waals surface area (Å²) in [5.74, 6) is 0. The van der Waals surface area contributed by atoms with Gasteiger partial charge in [0.25, 0.3) is 0 Å². The maximum Gasteiger partial charge on any atom is 0.343 e. The van der Waals surface area contributed by atoms with Gasteiger partial charge in [0.2, 0.25) is 0 Å².